The lowest BCUT2D eigenvalue weighted by molar-refractivity contribution is -0.127. The van der Waals surface area contributed by atoms with Gasteiger partial charge in [0.2, 0.25) is 5.91 Å². The second-order valence-corrected chi connectivity index (χ2v) is 8.66. The van der Waals surface area contributed by atoms with Crippen molar-refractivity contribution in [2.45, 2.75) is 31.1 Å². The highest BCUT2D eigenvalue weighted by atomic mass is 32.2. The number of hydrogen-bond donors (Lipinski definition) is 0. The maximum atomic E-state index is 13.1. The van der Waals surface area contributed by atoms with Gasteiger partial charge in [-0.2, -0.15) is 0 Å². The highest BCUT2D eigenvalue weighted by Gasteiger charge is 2.20. The second-order valence-electron chi connectivity index (χ2n) is 7.72. The lowest BCUT2D eigenvalue weighted by Crippen LogP contribution is -2.28. The van der Waals surface area contributed by atoms with E-state index in [1.165, 1.54) is 36.7 Å². The average molecular weight is 440 g/mol. The predicted molar refractivity (Wildman–Crippen MR) is 119 cm³/mol. The van der Waals surface area contributed by atoms with Gasteiger partial charge in [-0.15, -0.1) is 10.2 Å². The minimum atomic E-state index is -0.279. The van der Waals surface area contributed by atoms with Crippen LogP contribution in [0.4, 0.5) is 4.39 Å². The maximum Gasteiger partial charge on any atom is 0.233 e. The third-order valence-corrected chi connectivity index (χ3v) is 6.28. The van der Waals surface area contributed by atoms with Crippen molar-refractivity contribution in [1.82, 2.24) is 24.6 Å². The fourth-order valence-electron chi connectivity index (χ4n) is 3.66. The van der Waals surface area contributed by atoms with Crippen LogP contribution in [0.1, 0.15) is 24.2 Å². The summed E-state index contributed by atoms with van der Waals surface area (Å²) >= 11 is 1.39. The summed E-state index contributed by atoms with van der Waals surface area (Å²) < 4.78 is 15.1. The molecule has 1 aliphatic rings. The fraction of sp³-hybridized carbons (Fsp3) is 0.348. The summed E-state index contributed by atoms with van der Waals surface area (Å²) in [6.45, 7) is 3.35. The van der Waals surface area contributed by atoms with Crippen LogP contribution in [0.25, 0.3) is 5.69 Å². The lowest BCUT2D eigenvalue weighted by Gasteiger charge is -2.18. The highest BCUT2D eigenvalue weighted by Crippen LogP contribution is 2.24. The minimum Gasteiger partial charge on any atom is -0.341 e. The first-order chi connectivity index (χ1) is 15.1. The number of likely N-dealkylation sites (tertiary alicyclic amines) is 1. The van der Waals surface area contributed by atoms with E-state index in [1.54, 1.807) is 24.1 Å². The number of amides is 1. The molecule has 0 radical (unpaired) electrons. The Hall–Kier alpha value is -2.71. The van der Waals surface area contributed by atoms with Gasteiger partial charge in [-0.3, -0.25) is 14.3 Å². The van der Waals surface area contributed by atoms with Gasteiger partial charge in [-0.25, -0.2) is 4.39 Å². The van der Waals surface area contributed by atoms with Crippen molar-refractivity contribution in [2.24, 2.45) is 0 Å². The van der Waals surface area contributed by atoms with Gasteiger partial charge in [-0.05, 0) is 55.8 Å². The van der Waals surface area contributed by atoms with Crippen molar-refractivity contribution in [3.63, 3.8) is 0 Å². The highest BCUT2D eigenvalue weighted by molar-refractivity contribution is 7.99. The largest absolute Gasteiger partial charge is 0.341 e. The number of nitrogens with zero attached hydrogens (tertiary/aromatic N) is 5. The van der Waals surface area contributed by atoms with Gasteiger partial charge < -0.3 is 4.90 Å². The van der Waals surface area contributed by atoms with E-state index in [0.29, 0.717) is 11.7 Å². The van der Waals surface area contributed by atoms with E-state index >= 15 is 0 Å². The molecule has 1 amide bonds. The third kappa shape index (κ3) is 5.51. The van der Waals surface area contributed by atoms with Crippen LogP contribution in [0.2, 0.25) is 0 Å². The third-order valence-electron chi connectivity index (χ3n) is 5.36. The number of thioether (sulfide) groups is 1. The topological polar surface area (TPSA) is 54.3 Å². The van der Waals surface area contributed by atoms with Crippen LogP contribution >= 0.6 is 11.8 Å². The zero-order valence-electron chi connectivity index (χ0n) is 17.6. The molecule has 2 aromatic carbocycles. The molecular formula is C23H26FN5OS. The molecule has 31 heavy (non-hydrogen) atoms. The Labute approximate surface area is 186 Å². The molecule has 1 saturated heterocycles. The molecule has 4 rings (SSSR count). The Morgan fingerprint density at radius 1 is 1.06 bits per heavy atom. The number of halogens is 1. The molecule has 0 saturated carbocycles. The number of aromatic nitrogens is 3. The van der Waals surface area contributed by atoms with E-state index in [4.69, 9.17) is 0 Å². The number of carbonyl (C=O) groups is 1. The van der Waals surface area contributed by atoms with E-state index < -0.39 is 0 Å². The SMILES string of the molecule is CN(Cc1ccc(F)cc1)C(=O)CSc1nnc(CN2CCCC2)n1-c1ccccc1. The van der Waals surface area contributed by atoms with Crippen molar-refractivity contribution >= 4 is 17.7 Å². The van der Waals surface area contributed by atoms with Crippen molar-refractivity contribution < 1.29 is 9.18 Å². The molecule has 8 heteroatoms. The predicted octanol–water partition coefficient (Wildman–Crippen LogP) is 3.75. The monoisotopic (exact) mass is 439 g/mol. The normalized spacial score (nSPS) is 14.1. The van der Waals surface area contributed by atoms with Crippen LogP contribution in [0.5, 0.6) is 0 Å². The zero-order valence-corrected chi connectivity index (χ0v) is 18.4. The van der Waals surface area contributed by atoms with Crippen LogP contribution < -0.4 is 0 Å². The number of hydrogen-bond acceptors (Lipinski definition) is 5. The molecule has 1 fully saturated rings. The molecule has 0 atom stereocenters. The molecule has 6 nitrogen and oxygen atoms in total. The Kier molecular flexibility index (Phi) is 6.99. The molecule has 0 bridgehead atoms. The molecule has 0 aliphatic carbocycles. The number of carbonyl (C=O) groups excluding carboxylic acids is 1. The number of rotatable bonds is 8. The number of para-hydroxylation sites is 1. The summed E-state index contributed by atoms with van der Waals surface area (Å²) in [6.07, 6.45) is 2.44. The van der Waals surface area contributed by atoms with Gasteiger partial charge in [0.05, 0.1) is 12.3 Å². The first-order valence-corrected chi connectivity index (χ1v) is 11.4. The Bertz CT molecular complexity index is 1000. The molecule has 0 N–H and O–H groups in total. The Balaban J connectivity index is 1.45. The van der Waals surface area contributed by atoms with Gasteiger partial charge >= 0.3 is 0 Å². The van der Waals surface area contributed by atoms with Crippen LogP contribution in [0.15, 0.2) is 59.8 Å². The smallest absolute Gasteiger partial charge is 0.233 e. The van der Waals surface area contributed by atoms with Crippen molar-refractivity contribution in [3.05, 3.63) is 71.8 Å². The first-order valence-electron chi connectivity index (χ1n) is 10.4. The summed E-state index contributed by atoms with van der Waals surface area (Å²) in [6, 6.07) is 16.2. The van der Waals surface area contributed by atoms with E-state index in [-0.39, 0.29) is 17.5 Å². The Morgan fingerprint density at radius 2 is 1.77 bits per heavy atom. The summed E-state index contributed by atoms with van der Waals surface area (Å²) in [7, 11) is 1.76. The molecule has 1 aliphatic heterocycles. The molecule has 0 unspecified atom stereocenters. The van der Waals surface area contributed by atoms with E-state index in [2.05, 4.69) is 19.7 Å². The molecule has 3 aromatic rings. The van der Waals surface area contributed by atoms with Crippen LogP contribution in [-0.2, 0) is 17.9 Å². The van der Waals surface area contributed by atoms with Crippen molar-refractivity contribution in [3.8, 4) is 5.69 Å². The maximum absolute atomic E-state index is 13.1. The van der Waals surface area contributed by atoms with Crippen LogP contribution in [0, 0.1) is 5.82 Å². The fourth-order valence-corrected chi connectivity index (χ4v) is 4.57. The zero-order chi connectivity index (χ0) is 21.6. The first kappa shape index (κ1) is 21.5. The number of benzene rings is 2. The average Bonchev–Trinajstić information content (AvgIpc) is 3.44. The molecule has 0 spiro atoms. The van der Waals surface area contributed by atoms with Gasteiger partial charge in [0.25, 0.3) is 0 Å². The summed E-state index contributed by atoms with van der Waals surface area (Å²) in [5.41, 5.74) is 1.89. The summed E-state index contributed by atoms with van der Waals surface area (Å²) in [4.78, 5) is 16.7. The van der Waals surface area contributed by atoms with Gasteiger partial charge in [0.15, 0.2) is 11.0 Å². The molecular weight excluding hydrogens is 413 g/mol. The van der Waals surface area contributed by atoms with Crippen LogP contribution in [-0.4, -0.2) is 56.4 Å². The molecule has 162 valence electrons. The Morgan fingerprint density at radius 3 is 2.48 bits per heavy atom. The van der Waals surface area contributed by atoms with Crippen molar-refractivity contribution in [1.29, 1.82) is 0 Å². The van der Waals surface area contributed by atoms with Gasteiger partial charge in [0.1, 0.15) is 5.82 Å². The molecule has 1 aromatic heterocycles. The van der Waals surface area contributed by atoms with Gasteiger partial charge in [-0.1, -0.05) is 42.1 Å². The van der Waals surface area contributed by atoms with Gasteiger partial charge in [0, 0.05) is 19.3 Å². The minimum absolute atomic E-state index is 0.0157. The lowest BCUT2D eigenvalue weighted by atomic mass is 10.2. The van der Waals surface area contributed by atoms with E-state index in [9.17, 15) is 9.18 Å². The van der Waals surface area contributed by atoms with Crippen molar-refractivity contribution in [2.75, 3.05) is 25.9 Å². The second kappa shape index (κ2) is 10.1. The quantitative estimate of drug-likeness (QED) is 0.501. The molecule has 2 heterocycles. The summed E-state index contributed by atoms with van der Waals surface area (Å²) in [5, 5.41) is 9.55. The summed E-state index contributed by atoms with van der Waals surface area (Å²) in [5.74, 6) is 0.853. The standard InChI is InChI=1S/C23H26FN5OS/c1-27(15-18-9-11-19(24)12-10-18)22(30)17-31-23-26-25-21(16-28-13-5-6-14-28)29(23)20-7-3-2-4-8-20/h2-4,7-12H,5-6,13-17H2,1H3. The van der Waals surface area contributed by atoms with E-state index in [1.807, 2.05) is 30.3 Å². The van der Waals surface area contributed by atoms with Crippen LogP contribution in [0.3, 0.4) is 0 Å². The van der Waals surface area contributed by atoms with E-state index in [0.717, 1.165) is 36.7 Å².